The lowest BCUT2D eigenvalue weighted by Crippen LogP contribution is -2.41. The molecule has 0 spiro atoms. The molecule has 19 heteroatoms. The summed E-state index contributed by atoms with van der Waals surface area (Å²) in [4.78, 5) is 0. The molecule has 5 aromatic rings. The molecule has 3 aliphatic heterocycles. The molecule has 3 aliphatic rings. The normalized spacial score (nSPS) is 20.5. The standard InChI is InChI=1S/C32H19BF10O2.C12H24B2O4/c1-31(2)32(3,4)45-33(44-31)12-9-10-15-16(11-12)18(20-23(36)27(40)30(43)28(41)24(20)37)14-8-6-5-7-13(14)17(15)19-21(34)25(38)29(42)26(39)22(19)35;1-9(2)10(3,4)16-13(15-9)14-17-11(5,6)12(7,8)18-14/h5-11H,1-4H3;1-8H3. The SMILES string of the molecule is CC1(C)OB(B2OC(C)(C)C(C)(C)O2)OC1(C)C.CC1(C)OB(c2ccc3c(-c4c(F)c(F)c(F)c(F)c4F)c4ccccc4c(-c4c(F)c(F)c(F)c(F)c4F)c3c2)OC1(C)C. The topological polar surface area (TPSA) is 55.4 Å². The van der Waals surface area contributed by atoms with E-state index in [0.717, 1.165) is 18.2 Å². The van der Waals surface area contributed by atoms with Gasteiger partial charge < -0.3 is 27.9 Å². The summed E-state index contributed by atoms with van der Waals surface area (Å²) >= 11 is 0. The van der Waals surface area contributed by atoms with Crippen molar-refractivity contribution in [3.63, 3.8) is 0 Å². The summed E-state index contributed by atoms with van der Waals surface area (Å²) in [6, 6.07) is 8.57. The molecule has 8 rings (SSSR count). The Morgan fingerprint density at radius 3 is 0.921 bits per heavy atom. The van der Waals surface area contributed by atoms with Crippen LogP contribution < -0.4 is 5.46 Å². The van der Waals surface area contributed by atoms with Crippen molar-refractivity contribution < 1.29 is 71.8 Å². The average molecular weight is 890 g/mol. The Balaban J connectivity index is 0.000000276. The first kappa shape index (κ1) is 46.9. The van der Waals surface area contributed by atoms with Crippen LogP contribution in [0.2, 0.25) is 0 Å². The van der Waals surface area contributed by atoms with Gasteiger partial charge >= 0.3 is 21.1 Å². The van der Waals surface area contributed by atoms with E-state index in [9.17, 15) is 26.3 Å². The van der Waals surface area contributed by atoms with Gasteiger partial charge in [-0.3, -0.25) is 0 Å². The van der Waals surface area contributed by atoms with Crippen LogP contribution in [0.1, 0.15) is 83.1 Å². The maximum Gasteiger partial charge on any atom is 0.494 e. The lowest BCUT2D eigenvalue weighted by Gasteiger charge is -2.32. The molecule has 6 nitrogen and oxygen atoms in total. The zero-order valence-electron chi connectivity index (χ0n) is 36.5. The summed E-state index contributed by atoms with van der Waals surface area (Å²) in [5.74, 6) is -22.7. The molecule has 0 N–H and O–H groups in total. The monoisotopic (exact) mass is 890 g/mol. The Hall–Kier alpha value is -4.13. The third-order valence-electron chi connectivity index (χ3n) is 13.3. The van der Waals surface area contributed by atoms with E-state index in [1.165, 1.54) is 24.3 Å². The van der Waals surface area contributed by atoms with E-state index in [1.807, 2.05) is 55.4 Å². The molecular formula is C44H43B3F10O6. The largest absolute Gasteiger partial charge is 0.494 e. The fourth-order valence-electron chi connectivity index (χ4n) is 7.51. The van der Waals surface area contributed by atoms with Gasteiger partial charge in [-0.15, -0.1) is 0 Å². The number of rotatable bonds is 4. The summed E-state index contributed by atoms with van der Waals surface area (Å²) < 4.78 is 184. The Bertz CT molecular complexity index is 2570. The van der Waals surface area contributed by atoms with Crippen molar-refractivity contribution in [1.29, 1.82) is 0 Å². The van der Waals surface area contributed by atoms with Gasteiger partial charge in [-0.05, 0) is 110 Å². The van der Waals surface area contributed by atoms with Crippen LogP contribution in [0.4, 0.5) is 43.9 Å². The van der Waals surface area contributed by atoms with Gasteiger partial charge in [0.25, 0.3) is 0 Å². The maximum absolute atomic E-state index is 15.4. The van der Waals surface area contributed by atoms with Crippen molar-refractivity contribution in [2.75, 3.05) is 0 Å². The molecule has 0 atom stereocenters. The predicted molar refractivity (Wildman–Crippen MR) is 220 cm³/mol. The first-order valence-corrected chi connectivity index (χ1v) is 20.0. The van der Waals surface area contributed by atoms with Crippen molar-refractivity contribution in [3.8, 4) is 22.3 Å². The summed E-state index contributed by atoms with van der Waals surface area (Å²) in [5.41, 5.74) is -6.97. The van der Waals surface area contributed by atoms with E-state index in [2.05, 4.69) is 0 Å². The number of benzene rings is 5. The van der Waals surface area contributed by atoms with Gasteiger partial charge in [0.15, 0.2) is 46.5 Å². The van der Waals surface area contributed by atoms with Crippen LogP contribution in [0, 0.1) is 58.2 Å². The molecule has 0 bridgehead atoms. The van der Waals surface area contributed by atoms with Crippen LogP contribution in [-0.4, -0.2) is 54.7 Å². The minimum absolute atomic E-state index is 0.157. The van der Waals surface area contributed by atoms with E-state index in [4.69, 9.17) is 27.9 Å². The molecule has 0 aromatic heterocycles. The number of fused-ring (bicyclic) bond motifs is 2. The van der Waals surface area contributed by atoms with Crippen LogP contribution in [0.25, 0.3) is 43.8 Å². The number of hydrogen-bond donors (Lipinski definition) is 0. The van der Waals surface area contributed by atoms with Gasteiger partial charge in [0.05, 0.1) is 44.7 Å². The molecule has 63 heavy (non-hydrogen) atoms. The predicted octanol–water partition coefficient (Wildman–Crippen LogP) is 11.3. The number of halogens is 10. The van der Waals surface area contributed by atoms with Crippen molar-refractivity contribution >= 4 is 48.1 Å². The van der Waals surface area contributed by atoms with Crippen molar-refractivity contribution in [2.45, 2.75) is 117 Å². The molecule has 0 aliphatic carbocycles. The van der Waals surface area contributed by atoms with Gasteiger partial charge in [-0.2, -0.15) is 0 Å². The van der Waals surface area contributed by atoms with Crippen molar-refractivity contribution in [3.05, 3.63) is 101 Å². The fraction of sp³-hybridized carbons (Fsp3) is 0.409. The lowest BCUT2D eigenvalue weighted by atomic mass is 9.49. The molecule has 5 aromatic carbocycles. The van der Waals surface area contributed by atoms with E-state index in [-0.39, 0.29) is 49.4 Å². The van der Waals surface area contributed by atoms with Gasteiger partial charge in [-0.1, -0.05) is 42.5 Å². The smallest absolute Gasteiger partial charge is 0.405 e. The zero-order chi connectivity index (χ0) is 46.9. The van der Waals surface area contributed by atoms with Gasteiger partial charge in [0.1, 0.15) is 0 Å². The summed E-state index contributed by atoms with van der Waals surface area (Å²) in [6.07, 6.45) is 0. The lowest BCUT2D eigenvalue weighted by molar-refractivity contribution is 0.00578. The molecular weight excluding hydrogens is 847 g/mol. The Morgan fingerprint density at radius 1 is 0.317 bits per heavy atom. The van der Waals surface area contributed by atoms with Crippen molar-refractivity contribution in [1.82, 2.24) is 0 Å². The van der Waals surface area contributed by atoms with Gasteiger partial charge in [-0.25, -0.2) is 43.9 Å². The second-order valence-corrected chi connectivity index (χ2v) is 18.8. The maximum atomic E-state index is 15.4. The van der Waals surface area contributed by atoms with Crippen LogP contribution in [0.5, 0.6) is 0 Å². The molecule has 0 amide bonds. The zero-order valence-corrected chi connectivity index (χ0v) is 36.5. The molecule has 0 unspecified atom stereocenters. The summed E-state index contributed by atoms with van der Waals surface area (Å²) in [7, 11) is -2.10. The summed E-state index contributed by atoms with van der Waals surface area (Å²) in [5, 5.41) is -1.33. The summed E-state index contributed by atoms with van der Waals surface area (Å²) in [6.45, 7) is 23.1. The Kier molecular flexibility index (Phi) is 11.3. The van der Waals surface area contributed by atoms with Crippen LogP contribution in [0.15, 0.2) is 42.5 Å². The minimum atomic E-state index is -2.42. The van der Waals surface area contributed by atoms with Gasteiger partial charge in [0.2, 0.25) is 11.6 Å². The molecule has 3 fully saturated rings. The number of hydrogen-bond acceptors (Lipinski definition) is 6. The second-order valence-electron chi connectivity index (χ2n) is 18.8. The highest BCUT2D eigenvalue weighted by molar-refractivity contribution is 7.11. The highest BCUT2D eigenvalue weighted by atomic mass is 19.2. The highest BCUT2D eigenvalue weighted by Gasteiger charge is 2.64. The highest BCUT2D eigenvalue weighted by Crippen LogP contribution is 2.48. The first-order chi connectivity index (χ1) is 28.9. The Labute approximate surface area is 358 Å². The Morgan fingerprint density at radius 2 is 0.587 bits per heavy atom. The van der Waals surface area contributed by atoms with E-state index < -0.39 is 113 Å². The molecule has 0 saturated carbocycles. The van der Waals surface area contributed by atoms with Crippen LogP contribution >= 0.6 is 0 Å². The van der Waals surface area contributed by atoms with E-state index in [0.29, 0.717) is 0 Å². The molecule has 334 valence electrons. The molecule has 3 heterocycles. The van der Waals surface area contributed by atoms with Gasteiger partial charge in [0, 0.05) is 11.1 Å². The average Bonchev–Trinajstić information content (AvgIpc) is 3.67. The third kappa shape index (κ3) is 7.34. The quantitative estimate of drug-likeness (QED) is 0.0589. The second kappa shape index (κ2) is 15.2. The third-order valence-corrected chi connectivity index (χ3v) is 13.3. The molecule has 0 radical (unpaired) electrons. The van der Waals surface area contributed by atoms with Crippen molar-refractivity contribution in [2.24, 2.45) is 0 Å². The van der Waals surface area contributed by atoms with E-state index in [1.54, 1.807) is 27.7 Å². The van der Waals surface area contributed by atoms with E-state index >= 15 is 17.6 Å². The molecule has 3 saturated heterocycles. The van der Waals surface area contributed by atoms with Crippen LogP contribution in [0.3, 0.4) is 0 Å². The minimum Gasteiger partial charge on any atom is -0.405 e. The first-order valence-electron chi connectivity index (χ1n) is 20.0. The van der Waals surface area contributed by atoms with Crippen LogP contribution in [-0.2, 0) is 27.9 Å². The fourth-order valence-corrected chi connectivity index (χ4v) is 7.51.